The number of hydrogen-bond donors (Lipinski definition) is 1. The van der Waals surface area contributed by atoms with Crippen LogP contribution in [0.5, 0.6) is 0 Å². The molecule has 3 nitrogen and oxygen atoms in total. The Morgan fingerprint density at radius 3 is 3.38 bits per heavy atom. The van der Waals surface area contributed by atoms with E-state index in [4.69, 9.17) is 4.74 Å². The predicted octanol–water partition coefficient (Wildman–Crippen LogP) is 1.44. The van der Waals surface area contributed by atoms with Crippen LogP contribution in [0.2, 0.25) is 0 Å². The zero-order chi connectivity index (χ0) is 9.10. The third-order valence-electron chi connectivity index (χ3n) is 1.84. The quantitative estimate of drug-likeness (QED) is 0.689. The van der Waals surface area contributed by atoms with E-state index < -0.39 is 0 Å². The van der Waals surface area contributed by atoms with Gasteiger partial charge in [-0.1, -0.05) is 11.5 Å². The van der Waals surface area contributed by atoms with Gasteiger partial charge >= 0.3 is 0 Å². The minimum Gasteiger partial charge on any atom is -0.377 e. The van der Waals surface area contributed by atoms with Crippen molar-refractivity contribution in [2.75, 3.05) is 7.11 Å². The number of rotatable bonds is 2. The van der Waals surface area contributed by atoms with Gasteiger partial charge in [0.2, 0.25) is 0 Å². The van der Waals surface area contributed by atoms with Gasteiger partial charge in [-0.05, 0) is 6.08 Å². The van der Waals surface area contributed by atoms with Crippen LogP contribution in [0.3, 0.4) is 0 Å². The summed E-state index contributed by atoms with van der Waals surface area (Å²) in [4.78, 5) is 7.54. The lowest BCUT2D eigenvalue weighted by Crippen LogP contribution is -1.89. The van der Waals surface area contributed by atoms with Crippen LogP contribution in [0.25, 0.3) is 6.08 Å². The topological polar surface area (TPSA) is 37.9 Å². The molecule has 0 atom stereocenters. The molecule has 2 rings (SSSR count). The number of aromatic nitrogens is 2. The molecule has 0 aliphatic heterocycles. The average molecular weight is 174 g/mol. The predicted molar refractivity (Wildman–Crippen MR) is 49.1 cm³/mol. The first-order chi connectivity index (χ1) is 6.40. The number of fused-ring (bicyclic) bond motifs is 1. The van der Waals surface area contributed by atoms with E-state index in [2.05, 4.69) is 21.4 Å². The normalized spacial score (nSPS) is 13.0. The number of nitrogens with one attached hydrogen (secondary N) is 1. The second-order valence-electron chi connectivity index (χ2n) is 2.82. The maximum absolute atomic E-state index is 4.98. The van der Waals surface area contributed by atoms with Gasteiger partial charge in [0.15, 0.2) is 0 Å². The van der Waals surface area contributed by atoms with Crippen molar-refractivity contribution in [3.8, 4) is 0 Å². The molecule has 66 valence electrons. The monoisotopic (exact) mass is 174 g/mol. The van der Waals surface area contributed by atoms with Crippen molar-refractivity contribution >= 4 is 6.08 Å². The summed E-state index contributed by atoms with van der Waals surface area (Å²) < 4.78 is 4.98. The van der Waals surface area contributed by atoms with Crippen LogP contribution in [0.4, 0.5) is 0 Å². The molecule has 0 spiro atoms. The first kappa shape index (κ1) is 8.09. The maximum atomic E-state index is 4.98. The number of imidazole rings is 1. The molecule has 0 amide bonds. The number of allylic oxidation sites excluding steroid dienone is 1. The molecule has 0 aromatic carbocycles. The van der Waals surface area contributed by atoms with E-state index in [9.17, 15) is 0 Å². The Kier molecular flexibility index (Phi) is 2.15. The molecule has 1 aromatic heterocycles. The Labute approximate surface area is 76.5 Å². The molecule has 13 heavy (non-hydrogen) atoms. The van der Waals surface area contributed by atoms with Gasteiger partial charge in [-0.3, -0.25) is 0 Å². The van der Waals surface area contributed by atoms with Gasteiger partial charge in [0.05, 0.1) is 11.4 Å². The van der Waals surface area contributed by atoms with E-state index in [0.29, 0.717) is 6.61 Å². The molecule has 0 bridgehead atoms. The van der Waals surface area contributed by atoms with Crippen LogP contribution in [0.1, 0.15) is 17.2 Å². The molecule has 1 heterocycles. The fraction of sp³-hybridized carbons (Fsp3) is 0.300. The molecule has 1 aromatic rings. The second kappa shape index (κ2) is 3.46. The van der Waals surface area contributed by atoms with Gasteiger partial charge in [0.1, 0.15) is 12.4 Å². The first-order valence-corrected chi connectivity index (χ1v) is 4.13. The smallest absolute Gasteiger partial charge is 0.132 e. The number of nitrogens with zero attached hydrogens (tertiary/aromatic N) is 1. The highest BCUT2D eigenvalue weighted by atomic mass is 16.5. The number of methoxy groups -OCH3 is 1. The van der Waals surface area contributed by atoms with Crippen LogP contribution >= 0.6 is 0 Å². The van der Waals surface area contributed by atoms with Crippen molar-refractivity contribution in [1.29, 1.82) is 0 Å². The Balaban J connectivity index is 2.35. The van der Waals surface area contributed by atoms with Gasteiger partial charge in [-0.25, -0.2) is 4.98 Å². The van der Waals surface area contributed by atoms with Crippen molar-refractivity contribution < 1.29 is 4.74 Å². The first-order valence-electron chi connectivity index (χ1n) is 4.13. The van der Waals surface area contributed by atoms with Crippen LogP contribution in [-0.4, -0.2) is 17.1 Å². The van der Waals surface area contributed by atoms with Gasteiger partial charge in [-0.2, -0.15) is 0 Å². The molecular weight excluding hydrogens is 164 g/mol. The number of H-pyrrole nitrogens is 1. The number of hydrogen-bond acceptors (Lipinski definition) is 2. The number of ether oxygens (including phenoxy) is 1. The van der Waals surface area contributed by atoms with E-state index in [0.717, 1.165) is 23.6 Å². The fourth-order valence-corrected chi connectivity index (χ4v) is 1.28. The zero-order valence-corrected chi connectivity index (χ0v) is 7.42. The van der Waals surface area contributed by atoms with Crippen LogP contribution in [-0.2, 0) is 17.8 Å². The molecule has 0 unspecified atom stereocenters. The molecule has 1 N–H and O–H groups in total. The van der Waals surface area contributed by atoms with E-state index in [1.807, 2.05) is 12.2 Å². The molecule has 3 heteroatoms. The highest BCUT2D eigenvalue weighted by Crippen LogP contribution is 2.11. The van der Waals surface area contributed by atoms with Crippen LogP contribution in [0.15, 0.2) is 17.5 Å². The Bertz CT molecular complexity index is 405. The third-order valence-corrected chi connectivity index (χ3v) is 1.84. The Morgan fingerprint density at radius 2 is 2.54 bits per heavy atom. The van der Waals surface area contributed by atoms with E-state index in [-0.39, 0.29) is 0 Å². The van der Waals surface area contributed by atoms with Crippen molar-refractivity contribution in [3.05, 3.63) is 34.8 Å². The molecule has 0 fully saturated rings. The summed E-state index contributed by atoms with van der Waals surface area (Å²) in [6.07, 6.45) is 4.57. The zero-order valence-electron chi connectivity index (χ0n) is 7.42. The summed E-state index contributed by atoms with van der Waals surface area (Å²) in [6, 6.07) is 0. The van der Waals surface area contributed by atoms with Crippen molar-refractivity contribution in [3.63, 3.8) is 0 Å². The summed E-state index contributed by atoms with van der Waals surface area (Å²) in [5.74, 6) is 0.862. The molecule has 0 radical (unpaired) electrons. The highest BCUT2D eigenvalue weighted by molar-refractivity contribution is 5.48. The molecular formula is C10H10N2O. The van der Waals surface area contributed by atoms with E-state index >= 15 is 0 Å². The summed E-state index contributed by atoms with van der Waals surface area (Å²) in [5, 5.41) is 0. The maximum Gasteiger partial charge on any atom is 0.132 e. The Hall–Kier alpha value is -1.53. The molecule has 1 aliphatic carbocycles. The van der Waals surface area contributed by atoms with Crippen molar-refractivity contribution in [2.45, 2.75) is 13.0 Å². The summed E-state index contributed by atoms with van der Waals surface area (Å²) in [7, 11) is 1.66. The summed E-state index contributed by atoms with van der Waals surface area (Å²) in [6.45, 7) is 0.522. The van der Waals surface area contributed by atoms with Gasteiger partial charge in [-0.15, -0.1) is 0 Å². The van der Waals surface area contributed by atoms with Gasteiger partial charge < -0.3 is 9.72 Å². The number of aromatic amines is 1. The lowest BCUT2D eigenvalue weighted by Gasteiger charge is -1.90. The molecule has 0 saturated carbocycles. The van der Waals surface area contributed by atoms with E-state index in [1.54, 1.807) is 7.11 Å². The standard InChI is InChI=1S/C10H10N2O/c1-13-7-10-11-8-5-3-2-4-6-9(8)12-10/h3,6H,5,7H2,1H3,(H,11,12). The summed E-state index contributed by atoms with van der Waals surface area (Å²) >= 11 is 0. The second-order valence-corrected chi connectivity index (χ2v) is 2.82. The van der Waals surface area contributed by atoms with Gasteiger partial charge in [0.25, 0.3) is 0 Å². The van der Waals surface area contributed by atoms with Crippen LogP contribution in [0, 0.1) is 0 Å². The lowest BCUT2D eigenvalue weighted by atomic mass is 10.2. The minimum absolute atomic E-state index is 0.522. The average Bonchev–Trinajstić information content (AvgIpc) is 2.37. The fourth-order valence-electron chi connectivity index (χ4n) is 1.28. The minimum atomic E-state index is 0.522. The van der Waals surface area contributed by atoms with Gasteiger partial charge in [0, 0.05) is 19.6 Å². The Morgan fingerprint density at radius 1 is 1.62 bits per heavy atom. The van der Waals surface area contributed by atoms with Crippen LogP contribution < -0.4 is 0 Å². The van der Waals surface area contributed by atoms with E-state index in [1.165, 1.54) is 0 Å². The lowest BCUT2D eigenvalue weighted by molar-refractivity contribution is 0.178. The van der Waals surface area contributed by atoms with Crippen molar-refractivity contribution in [2.24, 2.45) is 0 Å². The SMILES string of the molecule is COCc1nc2c([nH]1)C=C=C=CC2. The third kappa shape index (κ3) is 1.63. The van der Waals surface area contributed by atoms with Crippen molar-refractivity contribution in [1.82, 2.24) is 9.97 Å². The summed E-state index contributed by atoms with van der Waals surface area (Å²) in [5.41, 5.74) is 7.87. The molecule has 0 saturated heterocycles. The highest BCUT2D eigenvalue weighted by Gasteiger charge is 2.06. The largest absolute Gasteiger partial charge is 0.377 e. The molecule has 1 aliphatic rings.